The third kappa shape index (κ3) is 4.02. The van der Waals surface area contributed by atoms with Gasteiger partial charge in [0.2, 0.25) is 12.2 Å². The van der Waals surface area contributed by atoms with Gasteiger partial charge in [-0.05, 0) is 12.1 Å². The number of nitrogens with one attached hydrogen (secondary N) is 1. The smallest absolute Gasteiger partial charge is 0.265 e. The minimum absolute atomic E-state index is 0.00586. The summed E-state index contributed by atoms with van der Waals surface area (Å²) in [5, 5.41) is 3.79. The van der Waals surface area contributed by atoms with Crippen LogP contribution in [0.3, 0.4) is 0 Å². The van der Waals surface area contributed by atoms with E-state index in [1.54, 1.807) is 30.3 Å². The lowest BCUT2D eigenvalue weighted by molar-refractivity contribution is 0.182. The van der Waals surface area contributed by atoms with Gasteiger partial charge < -0.3 is 9.26 Å². The van der Waals surface area contributed by atoms with Gasteiger partial charge in [-0.25, -0.2) is 13.4 Å². The van der Waals surface area contributed by atoms with E-state index in [-0.39, 0.29) is 17.3 Å². The Kier molecular flexibility index (Phi) is 5.46. The molecule has 152 valence electrons. The molecule has 0 bridgehead atoms. The van der Waals surface area contributed by atoms with E-state index in [2.05, 4.69) is 29.8 Å². The molecule has 0 radical (unpaired) electrons. The first-order chi connectivity index (χ1) is 14.6. The van der Waals surface area contributed by atoms with Gasteiger partial charge in [-0.15, -0.1) is 0 Å². The first kappa shape index (κ1) is 19.6. The standard InChI is InChI=1S/C19H16N6O4S/c1-28-11-15-19(22-10-9-20-15)25-30(26,27)16-3-2-8-21-17(16)13-4-6-14(7-5-13)18-23-12-29-24-18/h2-10,12H,11H2,1H3,(H,22,25). The largest absolute Gasteiger partial charge is 0.378 e. The minimum atomic E-state index is -4.00. The Morgan fingerprint density at radius 2 is 1.73 bits per heavy atom. The molecule has 0 spiro atoms. The average Bonchev–Trinajstić information content (AvgIpc) is 3.30. The molecule has 30 heavy (non-hydrogen) atoms. The predicted molar refractivity (Wildman–Crippen MR) is 107 cm³/mol. The van der Waals surface area contributed by atoms with E-state index in [0.29, 0.717) is 22.8 Å². The van der Waals surface area contributed by atoms with Crippen molar-refractivity contribution in [2.75, 3.05) is 11.8 Å². The number of pyridine rings is 1. The molecule has 0 amide bonds. The van der Waals surface area contributed by atoms with Crippen molar-refractivity contribution >= 4 is 15.8 Å². The average molecular weight is 424 g/mol. The molecular weight excluding hydrogens is 408 g/mol. The van der Waals surface area contributed by atoms with Crippen molar-refractivity contribution in [3.8, 4) is 22.6 Å². The first-order valence-electron chi connectivity index (χ1n) is 8.72. The highest BCUT2D eigenvalue weighted by molar-refractivity contribution is 7.92. The Morgan fingerprint density at radius 1 is 0.967 bits per heavy atom. The van der Waals surface area contributed by atoms with Gasteiger partial charge in [0.05, 0.1) is 12.3 Å². The molecule has 4 rings (SSSR count). The summed E-state index contributed by atoms with van der Waals surface area (Å²) in [5.41, 5.74) is 2.01. The molecule has 3 heterocycles. The van der Waals surface area contributed by atoms with Crippen molar-refractivity contribution in [1.82, 2.24) is 25.1 Å². The summed E-state index contributed by atoms with van der Waals surface area (Å²) in [4.78, 5) is 16.5. The lowest BCUT2D eigenvalue weighted by atomic mass is 10.1. The van der Waals surface area contributed by atoms with E-state index in [1.165, 1.54) is 38.2 Å². The molecule has 10 nitrogen and oxygen atoms in total. The SMILES string of the molecule is COCc1nccnc1NS(=O)(=O)c1cccnc1-c1ccc(-c2ncon2)cc1. The number of hydrogen-bond acceptors (Lipinski definition) is 9. The number of sulfonamides is 1. The summed E-state index contributed by atoms with van der Waals surface area (Å²) in [6, 6.07) is 10.0. The summed E-state index contributed by atoms with van der Waals surface area (Å²) >= 11 is 0. The second-order valence-electron chi connectivity index (χ2n) is 6.07. The van der Waals surface area contributed by atoms with Crippen LogP contribution in [-0.2, 0) is 21.4 Å². The van der Waals surface area contributed by atoms with Crippen LogP contribution in [0.2, 0.25) is 0 Å². The number of aromatic nitrogens is 5. The predicted octanol–water partition coefficient (Wildman–Crippen LogP) is 2.54. The molecule has 0 fully saturated rings. The summed E-state index contributed by atoms with van der Waals surface area (Å²) in [6.45, 7) is 0.114. The molecule has 0 aliphatic carbocycles. The molecule has 4 aromatic rings. The highest BCUT2D eigenvalue weighted by Crippen LogP contribution is 2.28. The number of anilines is 1. The number of benzene rings is 1. The van der Waals surface area contributed by atoms with Gasteiger partial charge in [0.15, 0.2) is 5.82 Å². The number of methoxy groups -OCH3 is 1. The Bertz CT molecular complexity index is 1240. The van der Waals surface area contributed by atoms with Crippen LogP contribution in [0.15, 0.2) is 70.8 Å². The van der Waals surface area contributed by atoms with E-state index in [0.717, 1.165) is 5.56 Å². The maximum Gasteiger partial charge on any atom is 0.265 e. The fraction of sp³-hybridized carbons (Fsp3) is 0.105. The molecule has 0 aliphatic rings. The Morgan fingerprint density at radius 3 is 2.47 bits per heavy atom. The van der Waals surface area contributed by atoms with E-state index in [1.807, 2.05) is 0 Å². The number of ether oxygens (including phenoxy) is 1. The van der Waals surface area contributed by atoms with Crippen molar-refractivity contribution in [3.63, 3.8) is 0 Å². The lowest BCUT2D eigenvalue weighted by Crippen LogP contribution is -2.17. The molecule has 1 aromatic carbocycles. The van der Waals surface area contributed by atoms with Gasteiger partial charge in [-0.2, -0.15) is 4.98 Å². The lowest BCUT2D eigenvalue weighted by Gasteiger charge is -2.13. The molecule has 0 unspecified atom stereocenters. The molecule has 3 aromatic heterocycles. The molecule has 11 heteroatoms. The van der Waals surface area contributed by atoms with Crippen molar-refractivity contribution in [2.24, 2.45) is 0 Å². The van der Waals surface area contributed by atoms with Crippen LogP contribution in [0, 0.1) is 0 Å². The summed E-state index contributed by atoms with van der Waals surface area (Å²) in [6.07, 6.45) is 5.63. The van der Waals surface area contributed by atoms with Gasteiger partial charge in [-0.3, -0.25) is 14.7 Å². The van der Waals surface area contributed by atoms with Gasteiger partial charge >= 0.3 is 0 Å². The normalized spacial score (nSPS) is 11.4. The molecular formula is C19H16N6O4S. The van der Waals surface area contributed by atoms with Crippen LogP contribution in [0.25, 0.3) is 22.6 Å². The fourth-order valence-corrected chi connectivity index (χ4v) is 3.99. The highest BCUT2D eigenvalue weighted by atomic mass is 32.2. The Labute approximate surface area is 172 Å². The van der Waals surface area contributed by atoms with E-state index in [4.69, 9.17) is 9.26 Å². The Hall–Kier alpha value is -3.70. The van der Waals surface area contributed by atoms with Crippen molar-refractivity contribution in [3.05, 3.63) is 67.1 Å². The highest BCUT2D eigenvalue weighted by Gasteiger charge is 2.22. The third-order valence-corrected chi connectivity index (χ3v) is 5.49. The minimum Gasteiger partial charge on any atom is -0.378 e. The molecule has 0 atom stereocenters. The van der Waals surface area contributed by atoms with E-state index >= 15 is 0 Å². The van der Waals surface area contributed by atoms with Crippen molar-refractivity contribution in [1.29, 1.82) is 0 Å². The van der Waals surface area contributed by atoms with Crippen molar-refractivity contribution < 1.29 is 17.7 Å². The Balaban J connectivity index is 1.69. The maximum absolute atomic E-state index is 13.1. The van der Waals surface area contributed by atoms with E-state index < -0.39 is 10.0 Å². The number of rotatable bonds is 7. The van der Waals surface area contributed by atoms with Crippen LogP contribution in [0.1, 0.15) is 5.69 Å². The topological polar surface area (TPSA) is 133 Å². The molecule has 1 N–H and O–H groups in total. The van der Waals surface area contributed by atoms with Crippen LogP contribution in [0.5, 0.6) is 0 Å². The number of nitrogens with zero attached hydrogens (tertiary/aromatic N) is 5. The zero-order valence-electron chi connectivity index (χ0n) is 15.8. The fourth-order valence-electron chi connectivity index (χ4n) is 2.78. The monoisotopic (exact) mass is 424 g/mol. The van der Waals surface area contributed by atoms with Gasteiger partial charge in [-0.1, -0.05) is 29.4 Å². The first-order valence-corrected chi connectivity index (χ1v) is 10.2. The van der Waals surface area contributed by atoms with Gasteiger partial charge in [0, 0.05) is 36.8 Å². The summed E-state index contributed by atoms with van der Waals surface area (Å²) in [5.74, 6) is 0.534. The van der Waals surface area contributed by atoms with Crippen LogP contribution >= 0.6 is 0 Å². The van der Waals surface area contributed by atoms with E-state index in [9.17, 15) is 8.42 Å². The summed E-state index contributed by atoms with van der Waals surface area (Å²) < 4.78 is 38.5. The van der Waals surface area contributed by atoms with Crippen LogP contribution < -0.4 is 4.72 Å². The molecule has 0 saturated carbocycles. The second-order valence-corrected chi connectivity index (χ2v) is 7.72. The number of hydrogen-bond donors (Lipinski definition) is 1. The molecule has 0 aliphatic heterocycles. The van der Waals surface area contributed by atoms with Gasteiger partial charge in [0.25, 0.3) is 10.0 Å². The van der Waals surface area contributed by atoms with Gasteiger partial charge in [0.1, 0.15) is 10.6 Å². The van der Waals surface area contributed by atoms with Crippen molar-refractivity contribution in [2.45, 2.75) is 11.5 Å². The quantitative estimate of drug-likeness (QED) is 0.475. The van der Waals surface area contributed by atoms with Crippen LogP contribution in [-0.4, -0.2) is 40.6 Å². The zero-order valence-corrected chi connectivity index (χ0v) is 16.6. The maximum atomic E-state index is 13.1. The second kappa shape index (κ2) is 8.35. The molecule has 0 saturated heterocycles. The van der Waals surface area contributed by atoms with Crippen LogP contribution in [0.4, 0.5) is 5.82 Å². The third-order valence-electron chi connectivity index (χ3n) is 4.12. The zero-order chi connectivity index (χ0) is 21.0. The summed E-state index contributed by atoms with van der Waals surface area (Å²) in [7, 11) is -2.51.